The highest BCUT2D eigenvalue weighted by atomic mass is 16.3. The van der Waals surface area contributed by atoms with Crippen molar-refractivity contribution in [2.45, 2.75) is 25.4 Å². The third-order valence-corrected chi connectivity index (χ3v) is 2.93. The molecule has 1 saturated heterocycles. The highest BCUT2D eigenvalue weighted by Crippen LogP contribution is 2.32. The van der Waals surface area contributed by atoms with Gasteiger partial charge in [0.05, 0.1) is 6.10 Å². The van der Waals surface area contributed by atoms with E-state index in [0.29, 0.717) is 0 Å². The van der Waals surface area contributed by atoms with Gasteiger partial charge in [0.15, 0.2) is 0 Å². The second-order valence-electron chi connectivity index (χ2n) is 3.65. The topological polar surface area (TPSA) is 32.3 Å². The number of hydrogen-bond acceptors (Lipinski definition) is 2. The van der Waals surface area contributed by atoms with Crippen molar-refractivity contribution in [3.8, 4) is 0 Å². The zero-order chi connectivity index (χ0) is 6.97. The standard InChI is InChI=1S/C8H15NO/c10-8-2-1-6-4-9-5-7(6)3-8/h6-10H,1-5H2. The van der Waals surface area contributed by atoms with Gasteiger partial charge in [-0.1, -0.05) is 0 Å². The van der Waals surface area contributed by atoms with Crippen molar-refractivity contribution in [3.63, 3.8) is 0 Å². The van der Waals surface area contributed by atoms with Crippen LogP contribution < -0.4 is 5.32 Å². The summed E-state index contributed by atoms with van der Waals surface area (Å²) in [4.78, 5) is 0. The average Bonchev–Trinajstić information content (AvgIpc) is 2.33. The van der Waals surface area contributed by atoms with Crippen LogP contribution in [0.1, 0.15) is 19.3 Å². The number of rotatable bonds is 0. The fraction of sp³-hybridized carbons (Fsp3) is 1.00. The fourth-order valence-electron chi connectivity index (χ4n) is 2.27. The summed E-state index contributed by atoms with van der Waals surface area (Å²) in [6, 6.07) is 0. The summed E-state index contributed by atoms with van der Waals surface area (Å²) >= 11 is 0. The van der Waals surface area contributed by atoms with Crippen LogP contribution in [0.2, 0.25) is 0 Å². The predicted octanol–water partition coefficient (Wildman–Crippen LogP) is 0.367. The Morgan fingerprint density at radius 2 is 1.90 bits per heavy atom. The first-order valence-corrected chi connectivity index (χ1v) is 4.25. The molecule has 2 aliphatic rings. The molecule has 1 aliphatic heterocycles. The molecule has 1 heterocycles. The monoisotopic (exact) mass is 141 g/mol. The van der Waals surface area contributed by atoms with E-state index in [4.69, 9.17) is 0 Å². The molecule has 2 N–H and O–H groups in total. The quantitative estimate of drug-likeness (QED) is 0.510. The molecule has 3 unspecified atom stereocenters. The zero-order valence-electron chi connectivity index (χ0n) is 6.21. The second kappa shape index (κ2) is 2.51. The molecule has 0 spiro atoms. The van der Waals surface area contributed by atoms with E-state index in [2.05, 4.69) is 5.32 Å². The number of nitrogens with one attached hydrogen (secondary N) is 1. The van der Waals surface area contributed by atoms with E-state index in [0.717, 1.165) is 31.2 Å². The van der Waals surface area contributed by atoms with Crippen molar-refractivity contribution in [1.29, 1.82) is 0 Å². The first-order chi connectivity index (χ1) is 4.86. The molecule has 3 atom stereocenters. The Kier molecular flexibility index (Phi) is 1.66. The van der Waals surface area contributed by atoms with Crippen molar-refractivity contribution < 1.29 is 5.11 Å². The van der Waals surface area contributed by atoms with Crippen LogP contribution in [0.25, 0.3) is 0 Å². The van der Waals surface area contributed by atoms with Gasteiger partial charge >= 0.3 is 0 Å². The Hall–Kier alpha value is -0.0800. The lowest BCUT2D eigenvalue weighted by atomic mass is 9.80. The van der Waals surface area contributed by atoms with Gasteiger partial charge in [0.1, 0.15) is 0 Å². The Bertz CT molecular complexity index is 126. The minimum atomic E-state index is 0.00106. The summed E-state index contributed by atoms with van der Waals surface area (Å²) in [5.41, 5.74) is 0. The van der Waals surface area contributed by atoms with E-state index in [9.17, 15) is 5.11 Å². The predicted molar refractivity (Wildman–Crippen MR) is 39.7 cm³/mol. The van der Waals surface area contributed by atoms with E-state index in [-0.39, 0.29) is 6.10 Å². The lowest BCUT2D eigenvalue weighted by Crippen LogP contribution is -2.26. The summed E-state index contributed by atoms with van der Waals surface area (Å²) in [5, 5.41) is 12.7. The van der Waals surface area contributed by atoms with E-state index >= 15 is 0 Å². The lowest BCUT2D eigenvalue weighted by Gasteiger charge is -2.27. The molecule has 0 bridgehead atoms. The SMILES string of the molecule is OC1CCC2CNCC2C1. The third kappa shape index (κ3) is 1.06. The molecular formula is C8H15NO. The molecular weight excluding hydrogens is 126 g/mol. The maximum Gasteiger partial charge on any atom is 0.0543 e. The first-order valence-electron chi connectivity index (χ1n) is 4.25. The Morgan fingerprint density at radius 3 is 2.80 bits per heavy atom. The third-order valence-electron chi connectivity index (χ3n) is 2.93. The number of aliphatic hydroxyl groups is 1. The summed E-state index contributed by atoms with van der Waals surface area (Å²) in [5.74, 6) is 1.66. The largest absolute Gasteiger partial charge is 0.393 e. The molecule has 10 heavy (non-hydrogen) atoms. The Morgan fingerprint density at radius 1 is 1.10 bits per heavy atom. The van der Waals surface area contributed by atoms with Gasteiger partial charge in [0, 0.05) is 0 Å². The molecule has 2 heteroatoms. The van der Waals surface area contributed by atoms with Gasteiger partial charge in [-0.15, -0.1) is 0 Å². The maximum atomic E-state index is 9.33. The second-order valence-corrected chi connectivity index (χ2v) is 3.65. The average molecular weight is 141 g/mol. The fourth-order valence-corrected chi connectivity index (χ4v) is 2.27. The number of aliphatic hydroxyl groups excluding tert-OH is 1. The summed E-state index contributed by atoms with van der Waals surface area (Å²) in [7, 11) is 0. The summed E-state index contributed by atoms with van der Waals surface area (Å²) in [6.45, 7) is 2.33. The molecule has 2 nitrogen and oxygen atoms in total. The van der Waals surface area contributed by atoms with Crippen LogP contribution in [-0.2, 0) is 0 Å². The van der Waals surface area contributed by atoms with Gasteiger partial charge in [0.2, 0.25) is 0 Å². The molecule has 2 fully saturated rings. The van der Waals surface area contributed by atoms with Gasteiger partial charge in [-0.3, -0.25) is 0 Å². The highest BCUT2D eigenvalue weighted by Gasteiger charge is 2.32. The molecule has 58 valence electrons. The van der Waals surface area contributed by atoms with Crippen LogP contribution in [0.4, 0.5) is 0 Å². The lowest BCUT2D eigenvalue weighted by molar-refractivity contribution is 0.0867. The van der Waals surface area contributed by atoms with Crippen molar-refractivity contribution in [2.75, 3.05) is 13.1 Å². The Labute approximate surface area is 61.6 Å². The smallest absolute Gasteiger partial charge is 0.0543 e. The van der Waals surface area contributed by atoms with E-state index in [1.165, 1.54) is 13.0 Å². The van der Waals surface area contributed by atoms with Crippen LogP contribution in [-0.4, -0.2) is 24.3 Å². The van der Waals surface area contributed by atoms with Crippen molar-refractivity contribution >= 4 is 0 Å². The van der Waals surface area contributed by atoms with Crippen LogP contribution in [0, 0.1) is 11.8 Å². The summed E-state index contributed by atoms with van der Waals surface area (Å²) < 4.78 is 0. The molecule has 0 aromatic rings. The van der Waals surface area contributed by atoms with Crippen LogP contribution in [0.5, 0.6) is 0 Å². The van der Waals surface area contributed by atoms with E-state index < -0.39 is 0 Å². The minimum Gasteiger partial charge on any atom is -0.393 e. The summed E-state index contributed by atoms with van der Waals surface area (Å²) in [6.07, 6.45) is 3.31. The van der Waals surface area contributed by atoms with E-state index in [1.54, 1.807) is 0 Å². The molecule has 1 saturated carbocycles. The van der Waals surface area contributed by atoms with Gasteiger partial charge in [-0.25, -0.2) is 0 Å². The van der Waals surface area contributed by atoms with Crippen molar-refractivity contribution in [1.82, 2.24) is 5.32 Å². The molecule has 0 aromatic carbocycles. The highest BCUT2D eigenvalue weighted by molar-refractivity contribution is 4.87. The molecule has 0 aromatic heterocycles. The van der Waals surface area contributed by atoms with E-state index in [1.807, 2.05) is 0 Å². The maximum absolute atomic E-state index is 9.33. The van der Waals surface area contributed by atoms with Gasteiger partial charge < -0.3 is 10.4 Å². The van der Waals surface area contributed by atoms with Crippen LogP contribution in [0.3, 0.4) is 0 Å². The van der Waals surface area contributed by atoms with Crippen molar-refractivity contribution in [2.24, 2.45) is 11.8 Å². The van der Waals surface area contributed by atoms with Crippen LogP contribution in [0.15, 0.2) is 0 Å². The Balaban J connectivity index is 1.96. The number of hydrogen-bond donors (Lipinski definition) is 2. The normalized spacial score (nSPS) is 47.1. The zero-order valence-corrected chi connectivity index (χ0v) is 6.21. The minimum absolute atomic E-state index is 0.00106. The van der Waals surface area contributed by atoms with Crippen molar-refractivity contribution in [3.05, 3.63) is 0 Å². The molecule has 1 aliphatic carbocycles. The molecule has 0 amide bonds. The van der Waals surface area contributed by atoms with Crippen LogP contribution >= 0.6 is 0 Å². The van der Waals surface area contributed by atoms with Gasteiger partial charge in [0.25, 0.3) is 0 Å². The molecule has 2 rings (SSSR count). The van der Waals surface area contributed by atoms with Gasteiger partial charge in [-0.05, 0) is 44.2 Å². The number of fused-ring (bicyclic) bond motifs is 1. The van der Waals surface area contributed by atoms with Gasteiger partial charge in [-0.2, -0.15) is 0 Å². The first kappa shape index (κ1) is 6.62. The molecule has 0 radical (unpaired) electrons.